The number of hydrogen-bond donors (Lipinski definition) is 0. The number of halogens is 24. The summed E-state index contributed by atoms with van der Waals surface area (Å²) in [7, 11) is 0. The molecule has 0 fully saturated rings. The summed E-state index contributed by atoms with van der Waals surface area (Å²) in [5, 5.41) is 0. The topological polar surface area (TPSA) is 0 Å². The molecule has 0 aromatic rings. The van der Waals surface area contributed by atoms with E-state index in [0.717, 1.165) is 0 Å². The van der Waals surface area contributed by atoms with Crippen molar-refractivity contribution in [2.75, 3.05) is 0 Å². The van der Waals surface area contributed by atoms with Crippen LogP contribution in [0.4, 0.5) is 105 Å². The zero-order chi connectivity index (χ0) is 30.8. The van der Waals surface area contributed by atoms with E-state index in [0.29, 0.717) is 0 Å². The Labute approximate surface area is 203 Å². The minimum absolute atomic E-state index is 0. The fraction of sp³-hybridized carbons (Fsp3) is 0.667. The third-order valence-corrected chi connectivity index (χ3v) is 1.31. The Balaban J connectivity index is -0.000000122. The molecule has 0 aromatic heterocycles. The van der Waals surface area contributed by atoms with E-state index in [1.807, 2.05) is 0 Å². The van der Waals surface area contributed by atoms with Gasteiger partial charge >= 0.3 is 21.7 Å². The van der Waals surface area contributed by atoms with Crippen LogP contribution in [0.15, 0.2) is 0 Å². The van der Waals surface area contributed by atoms with Gasteiger partial charge in [-0.25, -0.2) is 105 Å². The molecule has 0 aliphatic carbocycles. The van der Waals surface area contributed by atoms with Gasteiger partial charge in [-0.15, -0.1) is 25.7 Å². The van der Waals surface area contributed by atoms with E-state index >= 15 is 0 Å². The van der Waals surface area contributed by atoms with Crippen LogP contribution in [0.3, 0.4) is 0 Å². The fourth-order valence-corrected chi connectivity index (χ4v) is 0.742. The molecule has 0 unspecified atom stereocenters. The summed E-state index contributed by atoms with van der Waals surface area (Å²) in [6.45, 7) is 0. The van der Waals surface area contributed by atoms with Crippen molar-refractivity contribution in [1.82, 2.24) is 0 Å². The molecule has 0 amide bonds. The van der Waals surface area contributed by atoms with E-state index in [-0.39, 0.29) is 21.7 Å². The Bertz CT molecular complexity index is 404. The molecule has 0 saturated heterocycles. The molecule has 0 heterocycles. The fourth-order valence-electron chi connectivity index (χ4n) is 0.742. The monoisotopic (exact) mass is 652 g/mol. The molecule has 25 heteroatoms. The molecule has 0 nitrogen and oxygen atoms in total. The van der Waals surface area contributed by atoms with Crippen molar-refractivity contribution < 1.29 is 127 Å². The Morgan fingerprint density at radius 3 is 0.243 bits per heavy atom. The van der Waals surface area contributed by atoms with Crippen LogP contribution in [0.1, 0.15) is 0 Å². The van der Waals surface area contributed by atoms with Crippen LogP contribution < -0.4 is 0 Å². The molecular formula is C12H4F24Ti. The van der Waals surface area contributed by atoms with Crippen molar-refractivity contribution in [3.05, 3.63) is 25.7 Å². The minimum Gasteiger partial charge on any atom is -0.207 e. The van der Waals surface area contributed by atoms with Gasteiger partial charge in [0.1, 0.15) is 0 Å². The number of hydrogen-bond acceptors (Lipinski definition) is 0. The van der Waals surface area contributed by atoms with Gasteiger partial charge in [0.15, 0.2) is 0 Å². The Hall–Kier alpha value is -0.966. The predicted octanol–water partition coefficient (Wildman–Crippen LogP) is 9.26. The van der Waals surface area contributed by atoms with Gasteiger partial charge in [0.05, 0.1) is 0 Å². The van der Waals surface area contributed by atoms with Crippen molar-refractivity contribution in [2.45, 2.75) is 49.4 Å². The molecule has 37 heavy (non-hydrogen) atoms. The summed E-state index contributed by atoms with van der Waals surface area (Å²) >= 11 is 0. The van der Waals surface area contributed by atoms with Crippen LogP contribution in [0.2, 0.25) is 0 Å². The SMILES string of the molecule is FC(F)(F)[CH-]C(F)(F)F.FC(F)(F)[CH-]C(F)(F)F.FC(F)(F)[CH-]C(F)(F)F.FC(F)(F)[CH-]C(F)(F)F.[Ti+4]. The van der Waals surface area contributed by atoms with E-state index in [4.69, 9.17) is 0 Å². The molecule has 0 spiro atoms. The average Bonchev–Trinajstić information content (AvgIpc) is 2.19. The minimum atomic E-state index is -5.27. The van der Waals surface area contributed by atoms with Gasteiger partial charge in [-0.2, -0.15) is 0 Å². The summed E-state index contributed by atoms with van der Waals surface area (Å²) in [5.41, 5.74) is 0. The zero-order valence-electron chi connectivity index (χ0n) is 15.9. The maximum Gasteiger partial charge on any atom is 4.00 e. The van der Waals surface area contributed by atoms with E-state index in [9.17, 15) is 105 Å². The van der Waals surface area contributed by atoms with Crippen LogP contribution in [0.25, 0.3) is 0 Å². The largest absolute Gasteiger partial charge is 4.00 e. The van der Waals surface area contributed by atoms with Crippen LogP contribution in [-0.2, 0) is 21.7 Å². The van der Waals surface area contributed by atoms with Gasteiger partial charge in [0.2, 0.25) is 0 Å². The first kappa shape index (κ1) is 45.9. The molecule has 0 rings (SSSR count). The summed E-state index contributed by atoms with van der Waals surface area (Å²) in [5.74, 6) is 0. The summed E-state index contributed by atoms with van der Waals surface area (Å²) in [4.78, 5) is 0. The van der Waals surface area contributed by atoms with Crippen LogP contribution >= 0.6 is 0 Å². The van der Waals surface area contributed by atoms with Crippen LogP contribution in [-0.4, -0.2) is 49.4 Å². The maximum absolute atomic E-state index is 10.8. The third kappa shape index (κ3) is 72.1. The third-order valence-electron chi connectivity index (χ3n) is 1.31. The van der Waals surface area contributed by atoms with Crippen molar-refractivity contribution in [1.29, 1.82) is 0 Å². The summed E-state index contributed by atoms with van der Waals surface area (Å²) in [6.07, 6.45) is -48.6. The molecule has 224 valence electrons. The summed E-state index contributed by atoms with van der Waals surface area (Å²) in [6, 6.07) is 0. The second-order valence-corrected chi connectivity index (χ2v) is 4.91. The molecule has 0 aliphatic rings. The molecule has 0 aromatic carbocycles. The molecule has 0 saturated carbocycles. The van der Waals surface area contributed by atoms with E-state index < -0.39 is 75.1 Å². The predicted molar refractivity (Wildman–Crippen MR) is 65.6 cm³/mol. The van der Waals surface area contributed by atoms with Gasteiger partial charge in [-0.05, 0) is 0 Å². The number of rotatable bonds is 0. The van der Waals surface area contributed by atoms with Gasteiger partial charge in [-0.3, -0.25) is 0 Å². The molecule has 0 aliphatic heterocycles. The van der Waals surface area contributed by atoms with Crippen molar-refractivity contribution in [3.63, 3.8) is 0 Å². The van der Waals surface area contributed by atoms with Crippen LogP contribution in [0, 0.1) is 25.7 Å². The average molecular weight is 652 g/mol. The van der Waals surface area contributed by atoms with Gasteiger partial charge < -0.3 is 0 Å². The van der Waals surface area contributed by atoms with Gasteiger partial charge in [0, 0.05) is 0 Å². The molecule has 0 radical (unpaired) electrons. The van der Waals surface area contributed by atoms with Crippen molar-refractivity contribution in [3.8, 4) is 0 Å². The van der Waals surface area contributed by atoms with Crippen LogP contribution in [0.5, 0.6) is 0 Å². The Morgan fingerprint density at radius 1 is 0.189 bits per heavy atom. The van der Waals surface area contributed by atoms with E-state index in [1.165, 1.54) is 0 Å². The molecular weight excluding hydrogens is 648 g/mol. The summed E-state index contributed by atoms with van der Waals surface area (Å²) < 4.78 is 259. The van der Waals surface area contributed by atoms with E-state index in [2.05, 4.69) is 0 Å². The first-order valence-corrected chi connectivity index (χ1v) is 6.84. The zero-order valence-corrected chi connectivity index (χ0v) is 17.4. The first-order valence-electron chi connectivity index (χ1n) is 6.84. The smallest absolute Gasteiger partial charge is 0.207 e. The molecule has 0 bridgehead atoms. The molecule has 0 N–H and O–H groups in total. The second kappa shape index (κ2) is 15.6. The van der Waals surface area contributed by atoms with Crippen molar-refractivity contribution >= 4 is 0 Å². The standard InChI is InChI=1S/4C3HF6.Ti/c4*4-2(5,6)1-3(7,8)9;/h4*1H;/q4*-1;+4. The van der Waals surface area contributed by atoms with Gasteiger partial charge in [-0.1, -0.05) is 0 Å². The van der Waals surface area contributed by atoms with E-state index in [1.54, 1.807) is 0 Å². The Kier molecular flexibility index (Phi) is 19.3. The quantitative estimate of drug-likeness (QED) is 0.139. The Morgan fingerprint density at radius 2 is 0.243 bits per heavy atom. The van der Waals surface area contributed by atoms with Gasteiger partial charge in [0.25, 0.3) is 49.4 Å². The molecule has 0 atom stereocenters. The normalized spacial score (nSPS) is 13.6. The number of alkyl halides is 24. The second-order valence-electron chi connectivity index (χ2n) is 4.91. The van der Waals surface area contributed by atoms with Crippen molar-refractivity contribution in [2.24, 2.45) is 0 Å². The first-order chi connectivity index (χ1) is 14.8. The maximum atomic E-state index is 10.8.